The SMILES string of the molecule is COc1ccc(OC)c(CN2CCN(c3ccc4nnnn4n3)CC2)c1. The first-order chi connectivity index (χ1) is 12.8. The molecule has 2 aromatic heterocycles. The van der Waals surface area contributed by atoms with Gasteiger partial charge in [0.15, 0.2) is 11.5 Å². The minimum absolute atomic E-state index is 0.650. The summed E-state index contributed by atoms with van der Waals surface area (Å²) in [6, 6.07) is 9.76. The number of hydrogen-bond acceptors (Lipinski definition) is 8. The fourth-order valence-corrected chi connectivity index (χ4v) is 3.19. The average Bonchev–Trinajstić information content (AvgIpc) is 3.16. The van der Waals surface area contributed by atoms with Crippen LogP contribution in [-0.4, -0.2) is 70.6 Å². The summed E-state index contributed by atoms with van der Waals surface area (Å²) in [5.74, 6) is 2.63. The van der Waals surface area contributed by atoms with Crippen molar-refractivity contribution in [1.29, 1.82) is 0 Å². The first-order valence-corrected chi connectivity index (χ1v) is 8.50. The normalized spacial score (nSPS) is 15.4. The highest BCUT2D eigenvalue weighted by Crippen LogP contribution is 2.26. The summed E-state index contributed by atoms with van der Waals surface area (Å²) < 4.78 is 12.3. The van der Waals surface area contributed by atoms with Crippen LogP contribution in [0.5, 0.6) is 11.5 Å². The molecule has 3 aromatic rings. The molecule has 9 nitrogen and oxygen atoms in total. The van der Waals surface area contributed by atoms with Gasteiger partial charge in [0.1, 0.15) is 11.5 Å². The van der Waals surface area contributed by atoms with E-state index in [0.717, 1.165) is 55.6 Å². The van der Waals surface area contributed by atoms with Crippen LogP contribution in [0.2, 0.25) is 0 Å². The highest BCUT2D eigenvalue weighted by Gasteiger charge is 2.20. The van der Waals surface area contributed by atoms with Gasteiger partial charge in [-0.05, 0) is 40.8 Å². The van der Waals surface area contributed by atoms with Gasteiger partial charge in [0.2, 0.25) is 0 Å². The lowest BCUT2D eigenvalue weighted by molar-refractivity contribution is 0.245. The van der Waals surface area contributed by atoms with Crippen LogP contribution in [-0.2, 0) is 6.54 Å². The van der Waals surface area contributed by atoms with Gasteiger partial charge in [0.25, 0.3) is 0 Å². The monoisotopic (exact) mass is 355 g/mol. The van der Waals surface area contributed by atoms with Crippen molar-refractivity contribution in [2.75, 3.05) is 45.3 Å². The van der Waals surface area contributed by atoms with E-state index in [9.17, 15) is 0 Å². The molecule has 1 fully saturated rings. The number of methoxy groups -OCH3 is 2. The molecule has 0 bridgehead atoms. The van der Waals surface area contributed by atoms with E-state index in [4.69, 9.17) is 9.47 Å². The molecule has 136 valence electrons. The number of anilines is 1. The molecule has 0 saturated carbocycles. The predicted molar refractivity (Wildman–Crippen MR) is 95.6 cm³/mol. The summed E-state index contributed by atoms with van der Waals surface area (Å²) in [5, 5.41) is 15.8. The smallest absolute Gasteiger partial charge is 0.200 e. The lowest BCUT2D eigenvalue weighted by Crippen LogP contribution is -2.46. The number of rotatable bonds is 5. The van der Waals surface area contributed by atoms with E-state index in [1.807, 2.05) is 30.3 Å². The van der Waals surface area contributed by atoms with Crippen molar-refractivity contribution < 1.29 is 9.47 Å². The van der Waals surface area contributed by atoms with Gasteiger partial charge in [-0.15, -0.1) is 14.8 Å². The van der Waals surface area contributed by atoms with Crippen LogP contribution in [0.4, 0.5) is 5.82 Å². The molecule has 9 heteroatoms. The third kappa shape index (κ3) is 3.25. The summed E-state index contributed by atoms with van der Waals surface area (Å²) in [4.78, 5) is 4.66. The van der Waals surface area contributed by atoms with Gasteiger partial charge >= 0.3 is 0 Å². The molecule has 1 aromatic carbocycles. The topological polar surface area (TPSA) is 80.9 Å². The third-order valence-corrected chi connectivity index (χ3v) is 4.63. The number of aromatic nitrogens is 5. The molecule has 26 heavy (non-hydrogen) atoms. The number of hydrogen-bond donors (Lipinski definition) is 0. The Labute approximate surface area is 151 Å². The van der Waals surface area contributed by atoms with Gasteiger partial charge in [-0.1, -0.05) is 0 Å². The number of piperazine rings is 1. The standard InChI is InChI=1S/C17H21N7O2/c1-25-14-3-4-15(26-2)13(11-14)12-22-7-9-23(10-8-22)17-6-5-16-18-20-21-24(16)19-17/h3-6,11H,7-10,12H2,1-2H3. The van der Waals surface area contributed by atoms with E-state index < -0.39 is 0 Å². The van der Waals surface area contributed by atoms with Crippen molar-refractivity contribution in [3.63, 3.8) is 0 Å². The molecule has 1 aliphatic rings. The zero-order chi connectivity index (χ0) is 17.9. The van der Waals surface area contributed by atoms with Gasteiger partial charge in [0.05, 0.1) is 14.2 Å². The van der Waals surface area contributed by atoms with Crippen molar-refractivity contribution in [2.45, 2.75) is 6.54 Å². The molecule has 0 aliphatic carbocycles. The van der Waals surface area contributed by atoms with Crippen molar-refractivity contribution in [1.82, 2.24) is 30.2 Å². The number of benzene rings is 1. The maximum absolute atomic E-state index is 5.49. The first kappa shape index (κ1) is 16.5. The van der Waals surface area contributed by atoms with Gasteiger partial charge < -0.3 is 14.4 Å². The van der Waals surface area contributed by atoms with Crippen molar-refractivity contribution >= 4 is 11.5 Å². The van der Waals surface area contributed by atoms with Crippen LogP contribution >= 0.6 is 0 Å². The molecule has 0 unspecified atom stereocenters. The van der Waals surface area contributed by atoms with Crippen LogP contribution in [0, 0.1) is 0 Å². The zero-order valence-corrected chi connectivity index (χ0v) is 14.9. The first-order valence-electron chi connectivity index (χ1n) is 8.50. The fraction of sp³-hybridized carbons (Fsp3) is 0.412. The number of nitrogens with zero attached hydrogens (tertiary/aromatic N) is 7. The predicted octanol–water partition coefficient (Wildman–Crippen LogP) is 0.859. The quantitative estimate of drug-likeness (QED) is 0.667. The summed E-state index contributed by atoms with van der Waals surface area (Å²) >= 11 is 0. The molecule has 1 saturated heterocycles. The summed E-state index contributed by atoms with van der Waals surface area (Å²) in [5.41, 5.74) is 1.78. The Bertz CT molecular complexity index is 890. The Hall–Kier alpha value is -2.94. The van der Waals surface area contributed by atoms with Crippen LogP contribution in [0.1, 0.15) is 5.56 Å². The van der Waals surface area contributed by atoms with E-state index in [-0.39, 0.29) is 0 Å². The molecular formula is C17H21N7O2. The van der Waals surface area contributed by atoms with E-state index >= 15 is 0 Å². The van der Waals surface area contributed by atoms with Crippen LogP contribution < -0.4 is 14.4 Å². The molecule has 0 N–H and O–H groups in total. The van der Waals surface area contributed by atoms with Crippen molar-refractivity contribution in [3.8, 4) is 11.5 Å². The van der Waals surface area contributed by atoms with E-state index in [1.54, 1.807) is 14.2 Å². The van der Waals surface area contributed by atoms with Crippen molar-refractivity contribution in [3.05, 3.63) is 35.9 Å². The molecule has 3 heterocycles. The lowest BCUT2D eigenvalue weighted by atomic mass is 10.1. The number of fused-ring (bicyclic) bond motifs is 1. The Kier molecular flexibility index (Phi) is 4.53. The minimum atomic E-state index is 0.650. The second kappa shape index (κ2) is 7.12. The highest BCUT2D eigenvalue weighted by atomic mass is 16.5. The average molecular weight is 355 g/mol. The van der Waals surface area contributed by atoms with Crippen molar-refractivity contribution in [2.24, 2.45) is 0 Å². The summed E-state index contributed by atoms with van der Waals surface area (Å²) in [7, 11) is 3.38. The number of ether oxygens (including phenoxy) is 2. The maximum Gasteiger partial charge on any atom is 0.200 e. The van der Waals surface area contributed by atoms with E-state index in [1.165, 1.54) is 4.63 Å². The third-order valence-electron chi connectivity index (χ3n) is 4.63. The number of tetrazole rings is 1. The minimum Gasteiger partial charge on any atom is -0.497 e. The molecule has 1 aliphatic heterocycles. The highest BCUT2D eigenvalue weighted by molar-refractivity contribution is 5.45. The molecule has 0 radical (unpaired) electrons. The van der Waals surface area contributed by atoms with Gasteiger partial charge in [-0.2, -0.15) is 0 Å². The van der Waals surface area contributed by atoms with Gasteiger partial charge in [-0.3, -0.25) is 4.90 Å². The summed E-state index contributed by atoms with van der Waals surface area (Å²) in [6.07, 6.45) is 0. The zero-order valence-electron chi connectivity index (χ0n) is 14.9. The largest absolute Gasteiger partial charge is 0.497 e. The molecule has 0 atom stereocenters. The molecule has 4 rings (SSSR count). The Morgan fingerprint density at radius 1 is 1.00 bits per heavy atom. The molecule has 0 amide bonds. The van der Waals surface area contributed by atoms with Gasteiger partial charge in [-0.25, -0.2) is 0 Å². The second-order valence-electron chi connectivity index (χ2n) is 6.16. The van der Waals surface area contributed by atoms with Crippen LogP contribution in [0.25, 0.3) is 5.65 Å². The molecule has 0 spiro atoms. The Balaban J connectivity index is 1.42. The molecular weight excluding hydrogens is 334 g/mol. The van der Waals surface area contributed by atoms with E-state index in [2.05, 4.69) is 30.4 Å². The Morgan fingerprint density at radius 2 is 1.85 bits per heavy atom. The Morgan fingerprint density at radius 3 is 2.62 bits per heavy atom. The second-order valence-corrected chi connectivity index (χ2v) is 6.16. The van der Waals surface area contributed by atoms with E-state index in [0.29, 0.717) is 5.65 Å². The van der Waals surface area contributed by atoms with Gasteiger partial charge in [0, 0.05) is 38.3 Å². The van der Waals surface area contributed by atoms with Crippen LogP contribution in [0.3, 0.4) is 0 Å². The fourth-order valence-electron chi connectivity index (χ4n) is 3.19. The lowest BCUT2D eigenvalue weighted by Gasteiger charge is -2.35. The van der Waals surface area contributed by atoms with Crippen LogP contribution in [0.15, 0.2) is 30.3 Å². The maximum atomic E-state index is 5.49. The summed E-state index contributed by atoms with van der Waals surface area (Å²) in [6.45, 7) is 4.50.